The van der Waals surface area contributed by atoms with Crippen molar-refractivity contribution in [2.45, 2.75) is 6.18 Å². The Kier molecular flexibility index (Phi) is 3.35. The first kappa shape index (κ1) is 13.8. The van der Waals surface area contributed by atoms with Gasteiger partial charge in [0.1, 0.15) is 5.82 Å². The molecule has 2 aromatic rings. The molecule has 1 amide bonds. The molecule has 3 N–H and O–H groups in total. The van der Waals surface area contributed by atoms with Gasteiger partial charge in [-0.25, -0.2) is 9.67 Å². The molecule has 106 valence electrons. The van der Waals surface area contributed by atoms with E-state index in [1.165, 1.54) is 12.1 Å². The number of halogens is 3. The third kappa shape index (κ3) is 2.42. The molecule has 0 aliphatic heterocycles. The normalized spacial score (nSPS) is 11.4. The number of carbonyl (C=O) groups excluding carboxylic acids is 1. The van der Waals surface area contributed by atoms with E-state index in [9.17, 15) is 18.0 Å². The Bertz CT molecular complexity index is 650. The highest BCUT2D eigenvalue weighted by atomic mass is 19.4. The molecule has 0 bridgehead atoms. The summed E-state index contributed by atoms with van der Waals surface area (Å²) in [7, 11) is 1.58. The van der Waals surface area contributed by atoms with Gasteiger partial charge in [-0.1, -0.05) is 6.07 Å². The molecule has 2 heterocycles. The molecule has 6 nitrogen and oxygen atoms in total. The molecule has 0 aliphatic carbocycles. The predicted octanol–water partition coefficient (Wildman–Crippen LogP) is 1.43. The lowest BCUT2D eigenvalue weighted by molar-refractivity contribution is -0.143. The first-order chi connectivity index (χ1) is 9.34. The highest BCUT2D eigenvalue weighted by Crippen LogP contribution is 2.33. The molecule has 0 aliphatic rings. The van der Waals surface area contributed by atoms with Crippen LogP contribution in [0.25, 0.3) is 5.82 Å². The average molecular weight is 285 g/mol. The number of pyridine rings is 1. The van der Waals surface area contributed by atoms with E-state index in [-0.39, 0.29) is 5.82 Å². The summed E-state index contributed by atoms with van der Waals surface area (Å²) >= 11 is 0. The monoisotopic (exact) mass is 285 g/mol. The number of carbonyl (C=O) groups is 1. The van der Waals surface area contributed by atoms with Crippen LogP contribution in [0.2, 0.25) is 0 Å². The van der Waals surface area contributed by atoms with Gasteiger partial charge >= 0.3 is 6.18 Å². The van der Waals surface area contributed by atoms with E-state index >= 15 is 0 Å². The van der Waals surface area contributed by atoms with Crippen molar-refractivity contribution in [3.8, 4) is 5.82 Å². The molecule has 0 atom stereocenters. The largest absolute Gasteiger partial charge is 0.434 e. The van der Waals surface area contributed by atoms with Crippen molar-refractivity contribution in [2.24, 2.45) is 5.73 Å². The molecular formula is C11H10F3N5O. The second-order valence-corrected chi connectivity index (χ2v) is 3.81. The van der Waals surface area contributed by atoms with Gasteiger partial charge in [0.05, 0.1) is 11.8 Å². The maximum absolute atomic E-state index is 13.1. The summed E-state index contributed by atoms with van der Waals surface area (Å²) in [6.45, 7) is 0. The third-order valence-corrected chi connectivity index (χ3v) is 2.51. The quantitative estimate of drug-likeness (QED) is 0.893. The molecule has 0 unspecified atom stereocenters. The van der Waals surface area contributed by atoms with Crippen LogP contribution in [0.4, 0.5) is 19.0 Å². The van der Waals surface area contributed by atoms with E-state index in [1.807, 2.05) is 0 Å². The van der Waals surface area contributed by atoms with E-state index in [0.717, 1.165) is 6.20 Å². The Balaban J connectivity index is 2.65. The minimum absolute atomic E-state index is 0.0725. The third-order valence-electron chi connectivity index (χ3n) is 2.51. The van der Waals surface area contributed by atoms with Gasteiger partial charge in [-0.2, -0.15) is 18.3 Å². The van der Waals surface area contributed by atoms with Crippen molar-refractivity contribution < 1.29 is 18.0 Å². The van der Waals surface area contributed by atoms with E-state index in [0.29, 0.717) is 10.5 Å². The van der Waals surface area contributed by atoms with Gasteiger partial charge in [-0.05, 0) is 12.1 Å². The van der Waals surface area contributed by atoms with Crippen molar-refractivity contribution >= 4 is 11.7 Å². The number of primary amides is 1. The molecule has 0 radical (unpaired) electrons. The topological polar surface area (TPSA) is 85.8 Å². The van der Waals surface area contributed by atoms with Crippen LogP contribution in [0.1, 0.15) is 16.1 Å². The summed E-state index contributed by atoms with van der Waals surface area (Å²) in [5.41, 5.74) is 2.99. The van der Waals surface area contributed by atoms with E-state index < -0.39 is 23.3 Å². The SMILES string of the molecule is CNc1cccc(-n2ncc(C(N)=O)c2C(F)(F)F)n1. The lowest BCUT2D eigenvalue weighted by atomic mass is 10.2. The second kappa shape index (κ2) is 4.83. The number of nitrogens with zero attached hydrogens (tertiary/aromatic N) is 3. The summed E-state index contributed by atoms with van der Waals surface area (Å²) < 4.78 is 39.7. The number of anilines is 1. The molecule has 20 heavy (non-hydrogen) atoms. The van der Waals surface area contributed by atoms with Crippen molar-refractivity contribution in [3.63, 3.8) is 0 Å². The zero-order valence-electron chi connectivity index (χ0n) is 10.3. The minimum atomic E-state index is -4.78. The Hall–Kier alpha value is -2.58. The van der Waals surface area contributed by atoms with Crippen LogP contribution >= 0.6 is 0 Å². The number of aromatic nitrogens is 3. The van der Waals surface area contributed by atoms with Gasteiger partial charge in [-0.15, -0.1) is 0 Å². The summed E-state index contributed by atoms with van der Waals surface area (Å²) in [4.78, 5) is 15.0. The standard InChI is InChI=1S/C11H10F3N5O/c1-16-7-3-2-4-8(18-7)19-9(11(12,13)14)6(5-17-19)10(15)20/h2-5H,1H3,(H2,15,20)(H,16,18). The number of amides is 1. The average Bonchev–Trinajstić information content (AvgIpc) is 2.83. The van der Waals surface area contributed by atoms with Gasteiger partial charge in [-0.3, -0.25) is 4.79 Å². The van der Waals surface area contributed by atoms with E-state index in [2.05, 4.69) is 15.4 Å². The molecule has 9 heteroatoms. The maximum Gasteiger partial charge on any atom is 0.434 e. The molecule has 2 rings (SSSR count). The van der Waals surface area contributed by atoms with Gasteiger partial charge in [0.2, 0.25) is 0 Å². The minimum Gasteiger partial charge on any atom is -0.373 e. The molecule has 0 aromatic carbocycles. The van der Waals surface area contributed by atoms with Crippen LogP contribution in [0.15, 0.2) is 24.4 Å². The Morgan fingerprint density at radius 3 is 2.65 bits per heavy atom. The van der Waals surface area contributed by atoms with Crippen LogP contribution < -0.4 is 11.1 Å². The van der Waals surface area contributed by atoms with Crippen molar-refractivity contribution in [3.05, 3.63) is 35.7 Å². The summed E-state index contributed by atoms with van der Waals surface area (Å²) in [6, 6.07) is 4.43. The number of nitrogens with two attached hydrogens (primary N) is 1. The summed E-state index contributed by atoms with van der Waals surface area (Å²) in [5.74, 6) is -0.906. The molecule has 2 aromatic heterocycles. The smallest absolute Gasteiger partial charge is 0.373 e. The fourth-order valence-corrected chi connectivity index (χ4v) is 1.66. The van der Waals surface area contributed by atoms with Gasteiger partial charge in [0, 0.05) is 7.05 Å². The fraction of sp³-hybridized carbons (Fsp3) is 0.182. The fourth-order valence-electron chi connectivity index (χ4n) is 1.66. The predicted molar refractivity (Wildman–Crippen MR) is 64.4 cm³/mol. The number of rotatable bonds is 3. The van der Waals surface area contributed by atoms with Crippen LogP contribution in [0.5, 0.6) is 0 Å². The van der Waals surface area contributed by atoms with Crippen molar-refractivity contribution in [1.29, 1.82) is 0 Å². The lowest BCUT2D eigenvalue weighted by Crippen LogP contribution is -2.21. The molecule has 0 fully saturated rings. The zero-order chi connectivity index (χ0) is 14.9. The van der Waals surface area contributed by atoms with Crippen LogP contribution in [-0.2, 0) is 6.18 Å². The first-order valence-corrected chi connectivity index (χ1v) is 5.45. The number of hydrogen-bond acceptors (Lipinski definition) is 4. The Morgan fingerprint density at radius 2 is 2.10 bits per heavy atom. The number of hydrogen-bond donors (Lipinski definition) is 2. The van der Waals surface area contributed by atoms with Crippen LogP contribution in [0, 0.1) is 0 Å². The molecule has 0 saturated heterocycles. The Morgan fingerprint density at radius 1 is 1.40 bits per heavy atom. The van der Waals surface area contributed by atoms with Gasteiger partial charge in [0.15, 0.2) is 11.5 Å². The number of alkyl halides is 3. The van der Waals surface area contributed by atoms with Gasteiger partial charge < -0.3 is 11.1 Å². The van der Waals surface area contributed by atoms with Crippen LogP contribution in [0.3, 0.4) is 0 Å². The molecule has 0 spiro atoms. The number of nitrogens with one attached hydrogen (secondary N) is 1. The van der Waals surface area contributed by atoms with Crippen molar-refractivity contribution in [2.75, 3.05) is 12.4 Å². The maximum atomic E-state index is 13.1. The first-order valence-electron chi connectivity index (χ1n) is 5.45. The van der Waals surface area contributed by atoms with E-state index in [1.54, 1.807) is 13.1 Å². The Labute approximate surface area is 111 Å². The van der Waals surface area contributed by atoms with E-state index in [4.69, 9.17) is 5.73 Å². The van der Waals surface area contributed by atoms with Crippen LogP contribution in [-0.4, -0.2) is 27.7 Å². The summed E-state index contributed by atoms with van der Waals surface area (Å²) in [5, 5.41) is 6.25. The second-order valence-electron chi connectivity index (χ2n) is 3.81. The summed E-state index contributed by atoms with van der Waals surface area (Å²) in [6.07, 6.45) is -4.00. The highest BCUT2D eigenvalue weighted by molar-refractivity contribution is 5.94. The highest BCUT2D eigenvalue weighted by Gasteiger charge is 2.40. The zero-order valence-corrected chi connectivity index (χ0v) is 10.3. The lowest BCUT2D eigenvalue weighted by Gasteiger charge is -2.11. The molecular weight excluding hydrogens is 275 g/mol. The van der Waals surface area contributed by atoms with Crippen molar-refractivity contribution in [1.82, 2.24) is 14.8 Å². The molecule has 0 saturated carbocycles. The van der Waals surface area contributed by atoms with Gasteiger partial charge in [0.25, 0.3) is 5.91 Å².